The van der Waals surface area contributed by atoms with E-state index in [-0.39, 0.29) is 11.5 Å². The van der Waals surface area contributed by atoms with Crippen LogP contribution in [0.2, 0.25) is 0 Å². The molecule has 0 aliphatic heterocycles. The van der Waals surface area contributed by atoms with Crippen molar-refractivity contribution in [3.63, 3.8) is 0 Å². The normalized spacial score (nSPS) is 12.5. The molecule has 0 spiro atoms. The second-order valence-electron chi connectivity index (χ2n) is 2.39. The number of aliphatic hydroxyl groups is 1. The van der Waals surface area contributed by atoms with Crippen molar-refractivity contribution in [2.24, 2.45) is 0 Å². The third-order valence-corrected chi connectivity index (χ3v) is 2.34. The molecule has 2 N–H and O–H groups in total. The summed E-state index contributed by atoms with van der Waals surface area (Å²) in [7, 11) is 0. The Labute approximate surface area is 77.5 Å². The topological polar surface area (TPSA) is 74.6 Å². The molecule has 1 rings (SSSR count). The first-order valence-corrected chi connectivity index (χ1v) is 4.59. The molecule has 0 bridgehead atoms. The Bertz CT molecular complexity index is 348. The van der Waals surface area contributed by atoms with E-state index in [4.69, 9.17) is 9.66 Å². The maximum atomic E-state index is 10.7. The Morgan fingerprint density at radius 2 is 2.15 bits per heavy atom. The number of benzene rings is 1. The summed E-state index contributed by atoms with van der Waals surface area (Å²) in [4.78, 5) is 10.4. The smallest absolute Gasteiger partial charge is 0.186 e. The van der Waals surface area contributed by atoms with Gasteiger partial charge in [-0.1, -0.05) is 12.1 Å². The van der Waals surface area contributed by atoms with Crippen LogP contribution in [0.3, 0.4) is 0 Å². The van der Waals surface area contributed by atoms with E-state index in [2.05, 4.69) is 0 Å². The number of carbonyl (C=O) groups excluding carboxylic acids is 1. The summed E-state index contributed by atoms with van der Waals surface area (Å²) < 4.78 is 19.5. The highest BCUT2D eigenvalue weighted by Crippen LogP contribution is 2.14. The van der Waals surface area contributed by atoms with Gasteiger partial charge in [0.05, 0.1) is 11.5 Å². The van der Waals surface area contributed by atoms with Crippen molar-refractivity contribution in [2.45, 2.75) is 11.5 Å². The molecule has 0 aliphatic carbocycles. The lowest BCUT2D eigenvalue weighted by Crippen LogP contribution is -1.97. The van der Waals surface area contributed by atoms with E-state index in [9.17, 15) is 9.00 Å². The molecule has 1 aromatic rings. The van der Waals surface area contributed by atoms with Gasteiger partial charge < -0.3 is 9.66 Å². The molecule has 0 heterocycles. The van der Waals surface area contributed by atoms with E-state index in [0.29, 0.717) is 17.4 Å². The van der Waals surface area contributed by atoms with Gasteiger partial charge in [-0.25, -0.2) is 4.21 Å². The molecule has 0 aliphatic rings. The fourth-order valence-corrected chi connectivity index (χ4v) is 1.53. The SMILES string of the molecule is O=Cc1ccc(CO)c(S(=O)O)c1. The Balaban J connectivity index is 3.25. The Kier molecular flexibility index (Phi) is 3.30. The van der Waals surface area contributed by atoms with E-state index in [1.54, 1.807) is 0 Å². The van der Waals surface area contributed by atoms with Gasteiger partial charge in [-0.05, 0) is 11.6 Å². The minimum Gasteiger partial charge on any atom is -0.392 e. The summed E-state index contributed by atoms with van der Waals surface area (Å²) in [5.41, 5.74) is 0.668. The number of carbonyl (C=O) groups is 1. The Morgan fingerprint density at radius 1 is 1.46 bits per heavy atom. The van der Waals surface area contributed by atoms with E-state index in [1.165, 1.54) is 18.2 Å². The van der Waals surface area contributed by atoms with Gasteiger partial charge in [-0.15, -0.1) is 0 Å². The van der Waals surface area contributed by atoms with Gasteiger partial charge in [-0.3, -0.25) is 4.79 Å². The molecule has 0 saturated heterocycles. The molecule has 13 heavy (non-hydrogen) atoms. The third kappa shape index (κ3) is 2.21. The average Bonchev–Trinajstić information content (AvgIpc) is 2.16. The van der Waals surface area contributed by atoms with Crippen molar-refractivity contribution < 1.29 is 18.7 Å². The minimum atomic E-state index is -2.17. The lowest BCUT2D eigenvalue weighted by molar-refractivity contribution is 0.112. The number of aliphatic hydroxyl groups excluding tert-OH is 1. The summed E-state index contributed by atoms with van der Waals surface area (Å²) in [5, 5.41) is 8.80. The molecule has 0 radical (unpaired) electrons. The number of aldehydes is 1. The van der Waals surface area contributed by atoms with Gasteiger partial charge in [0.15, 0.2) is 11.1 Å². The maximum Gasteiger partial charge on any atom is 0.186 e. The zero-order valence-corrected chi connectivity index (χ0v) is 7.45. The second kappa shape index (κ2) is 4.27. The van der Waals surface area contributed by atoms with Crippen molar-refractivity contribution >= 4 is 17.4 Å². The van der Waals surface area contributed by atoms with Crippen molar-refractivity contribution in [2.75, 3.05) is 0 Å². The molecule has 1 aromatic carbocycles. The van der Waals surface area contributed by atoms with Crippen molar-refractivity contribution in [3.05, 3.63) is 29.3 Å². The number of rotatable bonds is 3. The zero-order valence-electron chi connectivity index (χ0n) is 6.64. The first kappa shape index (κ1) is 10.0. The summed E-state index contributed by atoms with van der Waals surface area (Å²) in [6.45, 7) is -0.319. The van der Waals surface area contributed by atoms with Crippen molar-refractivity contribution in [1.29, 1.82) is 0 Å². The third-order valence-electron chi connectivity index (χ3n) is 1.59. The quantitative estimate of drug-likeness (QED) is 0.552. The summed E-state index contributed by atoms with van der Waals surface area (Å²) in [5.74, 6) is 0. The molecule has 0 saturated carbocycles. The van der Waals surface area contributed by atoms with Crippen LogP contribution in [0.1, 0.15) is 15.9 Å². The highest BCUT2D eigenvalue weighted by Gasteiger charge is 2.07. The predicted octanol–water partition coefficient (Wildman–Crippen LogP) is 0.572. The van der Waals surface area contributed by atoms with Crippen molar-refractivity contribution in [3.8, 4) is 0 Å². The van der Waals surface area contributed by atoms with E-state index in [1.807, 2.05) is 0 Å². The van der Waals surface area contributed by atoms with Crippen LogP contribution in [-0.2, 0) is 17.7 Å². The molecule has 5 heteroatoms. The fraction of sp³-hybridized carbons (Fsp3) is 0.125. The van der Waals surface area contributed by atoms with Crippen LogP contribution in [-0.4, -0.2) is 20.2 Å². The maximum absolute atomic E-state index is 10.7. The predicted molar refractivity (Wildman–Crippen MR) is 46.8 cm³/mol. The van der Waals surface area contributed by atoms with Gasteiger partial charge in [0, 0.05) is 5.56 Å². The molecule has 70 valence electrons. The zero-order chi connectivity index (χ0) is 9.84. The standard InChI is InChI=1S/C8H8O4S/c9-4-6-1-2-7(5-10)8(3-6)13(11)12/h1-4,10H,5H2,(H,11,12). The monoisotopic (exact) mass is 200 g/mol. The van der Waals surface area contributed by atoms with Gasteiger partial charge in [-0.2, -0.15) is 0 Å². The van der Waals surface area contributed by atoms with Crippen LogP contribution in [0.15, 0.2) is 23.1 Å². The van der Waals surface area contributed by atoms with Crippen molar-refractivity contribution in [1.82, 2.24) is 0 Å². The van der Waals surface area contributed by atoms with Crippen LogP contribution in [0, 0.1) is 0 Å². The molecule has 1 unspecified atom stereocenters. The van der Waals surface area contributed by atoms with Crippen LogP contribution < -0.4 is 0 Å². The average molecular weight is 200 g/mol. The molecular weight excluding hydrogens is 192 g/mol. The van der Waals surface area contributed by atoms with Crippen LogP contribution in [0.4, 0.5) is 0 Å². The number of hydrogen-bond donors (Lipinski definition) is 2. The fourth-order valence-electron chi connectivity index (χ4n) is 0.938. The molecular formula is C8H8O4S. The largest absolute Gasteiger partial charge is 0.392 e. The summed E-state index contributed by atoms with van der Waals surface area (Å²) >= 11 is -2.17. The molecule has 0 fully saturated rings. The van der Waals surface area contributed by atoms with Gasteiger partial charge in [0.25, 0.3) is 0 Å². The van der Waals surface area contributed by atoms with E-state index >= 15 is 0 Å². The van der Waals surface area contributed by atoms with Crippen LogP contribution in [0.25, 0.3) is 0 Å². The molecule has 0 amide bonds. The summed E-state index contributed by atoms with van der Waals surface area (Å²) in [6, 6.07) is 4.22. The summed E-state index contributed by atoms with van der Waals surface area (Å²) in [6.07, 6.45) is 0.581. The first-order chi connectivity index (χ1) is 6.19. The highest BCUT2D eigenvalue weighted by atomic mass is 32.2. The molecule has 4 nitrogen and oxygen atoms in total. The molecule has 0 aromatic heterocycles. The van der Waals surface area contributed by atoms with Crippen LogP contribution >= 0.6 is 0 Å². The lowest BCUT2D eigenvalue weighted by atomic mass is 10.1. The molecule has 1 atom stereocenters. The minimum absolute atomic E-state index is 0.0760. The van der Waals surface area contributed by atoms with E-state index in [0.717, 1.165) is 0 Å². The Morgan fingerprint density at radius 3 is 2.62 bits per heavy atom. The van der Waals surface area contributed by atoms with E-state index < -0.39 is 11.1 Å². The van der Waals surface area contributed by atoms with Gasteiger partial charge in [0.2, 0.25) is 0 Å². The first-order valence-electron chi connectivity index (χ1n) is 3.49. The lowest BCUT2D eigenvalue weighted by Gasteiger charge is -2.02. The number of hydrogen-bond acceptors (Lipinski definition) is 3. The van der Waals surface area contributed by atoms with Gasteiger partial charge in [0.1, 0.15) is 6.29 Å². The Hall–Kier alpha value is -1.04. The van der Waals surface area contributed by atoms with Crippen LogP contribution in [0.5, 0.6) is 0 Å². The second-order valence-corrected chi connectivity index (χ2v) is 3.33. The highest BCUT2D eigenvalue weighted by molar-refractivity contribution is 7.79. The van der Waals surface area contributed by atoms with Gasteiger partial charge >= 0.3 is 0 Å².